The van der Waals surface area contributed by atoms with Gasteiger partial charge in [-0.05, 0) is 60.9 Å². The molecule has 29 heavy (non-hydrogen) atoms. The molecule has 1 saturated carbocycles. The number of nitrogens with zero attached hydrogens (tertiary/aromatic N) is 1. The Hall–Kier alpha value is -3.16. The van der Waals surface area contributed by atoms with Crippen LogP contribution in [0.25, 0.3) is 0 Å². The van der Waals surface area contributed by atoms with Crippen molar-refractivity contribution in [3.63, 3.8) is 0 Å². The van der Waals surface area contributed by atoms with Gasteiger partial charge in [0.15, 0.2) is 0 Å². The topological polar surface area (TPSA) is 67.5 Å². The molecule has 4 nitrogen and oxygen atoms in total. The van der Waals surface area contributed by atoms with Crippen LogP contribution in [-0.4, -0.2) is 17.8 Å². The highest BCUT2D eigenvalue weighted by atomic mass is 19.4. The summed E-state index contributed by atoms with van der Waals surface area (Å²) in [7, 11) is 0. The quantitative estimate of drug-likeness (QED) is 0.531. The molecule has 0 aliphatic heterocycles. The van der Waals surface area contributed by atoms with Gasteiger partial charge in [-0.3, -0.25) is 9.79 Å². The van der Waals surface area contributed by atoms with Gasteiger partial charge in [-0.25, -0.2) is 4.39 Å². The van der Waals surface area contributed by atoms with Gasteiger partial charge in [-0.1, -0.05) is 12.1 Å². The minimum absolute atomic E-state index is 0.0222. The first-order valence-corrected chi connectivity index (χ1v) is 8.98. The van der Waals surface area contributed by atoms with Crippen LogP contribution in [0.5, 0.6) is 0 Å². The van der Waals surface area contributed by atoms with Crippen molar-refractivity contribution in [2.24, 2.45) is 16.6 Å². The molecule has 3 N–H and O–H groups in total. The summed E-state index contributed by atoms with van der Waals surface area (Å²) < 4.78 is 50.9. The van der Waals surface area contributed by atoms with E-state index in [0.717, 1.165) is 18.9 Å². The second-order valence-corrected chi connectivity index (χ2v) is 6.81. The van der Waals surface area contributed by atoms with E-state index in [9.17, 15) is 22.4 Å². The maximum atomic E-state index is 12.9. The van der Waals surface area contributed by atoms with Crippen LogP contribution >= 0.6 is 0 Å². The Morgan fingerprint density at radius 1 is 1.10 bits per heavy atom. The molecular weight excluding hydrogens is 386 g/mol. The van der Waals surface area contributed by atoms with Crippen LogP contribution in [0, 0.1) is 11.7 Å². The van der Waals surface area contributed by atoms with Gasteiger partial charge in [0.05, 0.1) is 12.1 Å². The van der Waals surface area contributed by atoms with E-state index in [1.54, 1.807) is 24.3 Å². The van der Waals surface area contributed by atoms with Crippen molar-refractivity contribution in [3.05, 3.63) is 71.7 Å². The van der Waals surface area contributed by atoms with Gasteiger partial charge in [-0.2, -0.15) is 13.2 Å². The number of carbonyl (C=O) groups is 1. The highest BCUT2D eigenvalue weighted by Gasteiger charge is 2.34. The monoisotopic (exact) mass is 405 g/mol. The largest absolute Gasteiger partial charge is 0.430 e. The number of hydrogen-bond acceptors (Lipinski definition) is 3. The third-order valence-corrected chi connectivity index (χ3v) is 4.31. The fourth-order valence-electron chi connectivity index (χ4n) is 2.62. The molecule has 2 aromatic rings. The third-order valence-electron chi connectivity index (χ3n) is 4.31. The number of nitrogens with two attached hydrogens (primary N) is 1. The predicted octanol–water partition coefficient (Wildman–Crippen LogP) is 4.89. The summed E-state index contributed by atoms with van der Waals surface area (Å²) in [5.41, 5.74) is 5.90. The fraction of sp³-hybridized carbons (Fsp3) is 0.238. The molecule has 152 valence electrons. The number of hydrogen-bond donors (Lipinski definition) is 2. The Bertz CT molecular complexity index is 928. The minimum atomic E-state index is -4.59. The van der Waals surface area contributed by atoms with Crippen LogP contribution in [0.15, 0.2) is 65.3 Å². The molecule has 1 fully saturated rings. The van der Waals surface area contributed by atoms with E-state index >= 15 is 0 Å². The van der Waals surface area contributed by atoms with Gasteiger partial charge in [0.1, 0.15) is 11.5 Å². The highest BCUT2D eigenvalue weighted by Crippen LogP contribution is 2.34. The van der Waals surface area contributed by atoms with Crippen LogP contribution in [0.2, 0.25) is 0 Å². The maximum Gasteiger partial charge on any atom is 0.430 e. The minimum Gasteiger partial charge on any atom is -0.395 e. The molecule has 1 amide bonds. The number of rotatable bonds is 6. The van der Waals surface area contributed by atoms with Crippen molar-refractivity contribution >= 4 is 23.0 Å². The Labute approximate surface area is 165 Å². The number of halogens is 4. The number of aliphatic imine (C=N–C) groups is 1. The van der Waals surface area contributed by atoms with E-state index in [2.05, 4.69) is 10.3 Å². The predicted molar refractivity (Wildman–Crippen MR) is 103 cm³/mol. The summed E-state index contributed by atoms with van der Waals surface area (Å²) in [6.07, 6.45) is -2.06. The molecule has 0 radical (unpaired) electrons. The van der Waals surface area contributed by atoms with Gasteiger partial charge in [0, 0.05) is 17.3 Å². The summed E-state index contributed by atoms with van der Waals surface area (Å²) >= 11 is 0. The van der Waals surface area contributed by atoms with Crippen LogP contribution in [0.1, 0.15) is 18.4 Å². The number of benzene rings is 2. The lowest BCUT2D eigenvalue weighted by Gasteiger charge is -2.08. The normalized spacial score (nSPS) is 15.3. The second kappa shape index (κ2) is 8.46. The number of carbonyl (C=O) groups excluding carboxylic acids is 1. The van der Waals surface area contributed by atoms with Crippen molar-refractivity contribution in [1.82, 2.24) is 0 Å². The molecule has 1 aliphatic rings. The Morgan fingerprint density at radius 3 is 2.28 bits per heavy atom. The van der Waals surface area contributed by atoms with Crippen molar-refractivity contribution in [2.45, 2.75) is 25.4 Å². The molecule has 3 rings (SSSR count). The smallest absolute Gasteiger partial charge is 0.395 e. The van der Waals surface area contributed by atoms with Gasteiger partial charge in [0.25, 0.3) is 0 Å². The number of nitrogens with one attached hydrogen (secondary N) is 1. The average molecular weight is 405 g/mol. The summed E-state index contributed by atoms with van der Waals surface area (Å²) in [4.78, 5) is 16.4. The fourth-order valence-corrected chi connectivity index (χ4v) is 2.62. The molecule has 0 saturated heterocycles. The lowest BCUT2D eigenvalue weighted by Crippen LogP contribution is -2.21. The zero-order valence-electron chi connectivity index (χ0n) is 15.3. The van der Waals surface area contributed by atoms with Crippen molar-refractivity contribution in [1.29, 1.82) is 0 Å². The zero-order valence-corrected chi connectivity index (χ0v) is 15.3. The van der Waals surface area contributed by atoms with E-state index in [1.165, 1.54) is 24.3 Å². The Morgan fingerprint density at radius 2 is 1.72 bits per heavy atom. The van der Waals surface area contributed by atoms with Gasteiger partial charge >= 0.3 is 6.18 Å². The first-order valence-electron chi connectivity index (χ1n) is 8.98. The van der Waals surface area contributed by atoms with Crippen LogP contribution in [0.3, 0.4) is 0 Å². The van der Waals surface area contributed by atoms with E-state index < -0.39 is 11.9 Å². The number of anilines is 1. The molecular formula is C21H19F4N3O. The summed E-state index contributed by atoms with van der Waals surface area (Å²) in [5, 5.41) is 2.71. The van der Waals surface area contributed by atoms with E-state index in [0.29, 0.717) is 22.6 Å². The maximum absolute atomic E-state index is 12.9. The average Bonchev–Trinajstić information content (AvgIpc) is 3.49. The van der Waals surface area contributed by atoms with Gasteiger partial charge in [-0.15, -0.1) is 0 Å². The van der Waals surface area contributed by atoms with Crippen LogP contribution in [-0.2, 0) is 11.2 Å². The molecule has 8 heteroatoms. The van der Waals surface area contributed by atoms with Crippen molar-refractivity contribution in [3.8, 4) is 0 Å². The second-order valence-electron chi connectivity index (χ2n) is 6.81. The first-order chi connectivity index (χ1) is 13.7. The standard InChI is InChI=1S/C21H19F4N3O/c22-15-5-1-13(2-6-15)11-20(29)28-17-9-7-16(8-10-17)27-18(14-3-4-14)12-19(26)21(23,24)25/h1-2,5-10,12,14H,3-4,11,26H2,(H,28,29). The van der Waals surface area contributed by atoms with Crippen molar-refractivity contribution in [2.75, 3.05) is 5.32 Å². The lowest BCUT2D eigenvalue weighted by atomic mass is 10.1. The molecule has 0 spiro atoms. The van der Waals surface area contributed by atoms with Crippen LogP contribution < -0.4 is 11.1 Å². The molecule has 0 unspecified atom stereocenters. The molecule has 1 aliphatic carbocycles. The summed E-state index contributed by atoms with van der Waals surface area (Å²) in [6.45, 7) is 0. The van der Waals surface area contributed by atoms with E-state index in [4.69, 9.17) is 5.73 Å². The lowest BCUT2D eigenvalue weighted by molar-refractivity contribution is -0.115. The number of allylic oxidation sites excluding steroid dienone is 2. The van der Waals surface area contributed by atoms with Gasteiger partial charge < -0.3 is 11.1 Å². The third kappa shape index (κ3) is 6.17. The Kier molecular flexibility index (Phi) is 6.00. The summed E-state index contributed by atoms with van der Waals surface area (Å²) in [6, 6.07) is 12.1. The highest BCUT2D eigenvalue weighted by molar-refractivity contribution is 6.00. The van der Waals surface area contributed by atoms with Crippen LogP contribution in [0.4, 0.5) is 28.9 Å². The molecule has 0 atom stereocenters. The molecule has 0 aromatic heterocycles. The zero-order chi connectivity index (χ0) is 21.0. The Balaban J connectivity index is 1.66. The molecule has 0 bridgehead atoms. The van der Waals surface area contributed by atoms with Crippen molar-refractivity contribution < 1.29 is 22.4 Å². The van der Waals surface area contributed by atoms with E-state index in [-0.39, 0.29) is 24.1 Å². The number of amides is 1. The molecule has 0 heterocycles. The van der Waals surface area contributed by atoms with Gasteiger partial charge in [0.2, 0.25) is 5.91 Å². The summed E-state index contributed by atoms with van der Waals surface area (Å²) in [5.74, 6) is -0.666. The van der Waals surface area contributed by atoms with E-state index in [1.807, 2.05) is 0 Å². The first kappa shape index (κ1) is 20.6. The number of alkyl halides is 3. The molecule has 2 aromatic carbocycles. The SMILES string of the molecule is NC(=CC(=Nc1ccc(NC(=O)Cc2ccc(F)cc2)cc1)C1CC1)C(F)(F)F.